The van der Waals surface area contributed by atoms with Gasteiger partial charge in [-0.05, 0) is 30.2 Å². The number of nitrogens with one attached hydrogen (secondary N) is 1. The summed E-state index contributed by atoms with van der Waals surface area (Å²) in [5.41, 5.74) is 0.720. The molecule has 4 heteroatoms. The minimum atomic E-state index is -0.872. The Morgan fingerprint density at radius 1 is 1.38 bits per heavy atom. The second-order valence-electron chi connectivity index (χ2n) is 4.12. The molecule has 16 heavy (non-hydrogen) atoms. The number of carboxylic acid groups (broad SMARTS) is 1. The fraction of sp³-hybridized carbons (Fsp3) is 0.417. The number of halogens is 1. The maximum atomic E-state index is 11.1. The van der Waals surface area contributed by atoms with Crippen molar-refractivity contribution >= 4 is 17.6 Å². The molecule has 0 fully saturated rings. The molecule has 0 saturated carbocycles. The van der Waals surface area contributed by atoms with E-state index in [0.29, 0.717) is 17.5 Å². The van der Waals surface area contributed by atoms with Gasteiger partial charge in [0.1, 0.15) is 6.04 Å². The maximum Gasteiger partial charge on any atom is 0.325 e. The van der Waals surface area contributed by atoms with Crippen LogP contribution in [-0.4, -0.2) is 17.6 Å². The zero-order valence-corrected chi connectivity index (χ0v) is 10.2. The number of carboxylic acids is 1. The van der Waals surface area contributed by atoms with E-state index in [1.165, 1.54) is 0 Å². The quantitative estimate of drug-likeness (QED) is 0.833. The topological polar surface area (TPSA) is 49.3 Å². The van der Waals surface area contributed by atoms with Crippen molar-refractivity contribution in [1.82, 2.24) is 5.32 Å². The summed E-state index contributed by atoms with van der Waals surface area (Å²) in [6.07, 6.45) is 0. The van der Waals surface area contributed by atoms with Gasteiger partial charge in [0.15, 0.2) is 0 Å². The van der Waals surface area contributed by atoms with E-state index in [2.05, 4.69) is 5.32 Å². The fourth-order valence-electron chi connectivity index (χ4n) is 1.36. The van der Waals surface area contributed by atoms with Gasteiger partial charge in [-0.3, -0.25) is 4.79 Å². The molecule has 0 radical (unpaired) electrons. The van der Waals surface area contributed by atoms with Crippen LogP contribution in [-0.2, 0) is 4.79 Å². The summed E-state index contributed by atoms with van der Waals surface area (Å²) in [5.74, 6) is -0.461. The van der Waals surface area contributed by atoms with Gasteiger partial charge in [0.25, 0.3) is 0 Å². The molecule has 0 aliphatic rings. The molecule has 1 rings (SSSR count). The lowest BCUT2D eigenvalue weighted by Gasteiger charge is -2.16. The first-order chi connectivity index (χ1) is 7.50. The molecule has 0 aliphatic carbocycles. The average Bonchev–Trinajstić information content (AvgIpc) is 2.20. The molecule has 3 nitrogen and oxygen atoms in total. The van der Waals surface area contributed by atoms with Crippen LogP contribution in [0.4, 0.5) is 0 Å². The van der Waals surface area contributed by atoms with Crippen molar-refractivity contribution in [2.75, 3.05) is 6.54 Å². The number of rotatable bonds is 5. The maximum absolute atomic E-state index is 11.1. The van der Waals surface area contributed by atoms with Crippen LogP contribution in [0.3, 0.4) is 0 Å². The highest BCUT2D eigenvalue weighted by molar-refractivity contribution is 6.30. The molecule has 1 atom stereocenters. The van der Waals surface area contributed by atoms with E-state index in [4.69, 9.17) is 16.7 Å². The zero-order chi connectivity index (χ0) is 12.1. The van der Waals surface area contributed by atoms with Gasteiger partial charge >= 0.3 is 5.97 Å². The fourth-order valence-corrected chi connectivity index (χ4v) is 1.48. The second-order valence-corrected chi connectivity index (χ2v) is 4.56. The first-order valence-corrected chi connectivity index (χ1v) is 5.60. The number of benzene rings is 1. The van der Waals surface area contributed by atoms with Crippen LogP contribution in [0.15, 0.2) is 24.3 Å². The Kier molecular flexibility index (Phi) is 4.77. The smallest absolute Gasteiger partial charge is 0.325 e. The van der Waals surface area contributed by atoms with Gasteiger partial charge < -0.3 is 10.4 Å². The van der Waals surface area contributed by atoms with Crippen molar-refractivity contribution in [3.8, 4) is 0 Å². The van der Waals surface area contributed by atoms with Crippen molar-refractivity contribution in [1.29, 1.82) is 0 Å². The predicted molar refractivity (Wildman–Crippen MR) is 64.7 cm³/mol. The summed E-state index contributed by atoms with van der Waals surface area (Å²) < 4.78 is 0. The van der Waals surface area contributed by atoms with Crippen molar-refractivity contribution in [3.05, 3.63) is 34.9 Å². The van der Waals surface area contributed by atoms with Gasteiger partial charge in [-0.2, -0.15) is 0 Å². The third kappa shape index (κ3) is 3.83. The van der Waals surface area contributed by atoms with Crippen LogP contribution in [0.5, 0.6) is 0 Å². The van der Waals surface area contributed by atoms with Gasteiger partial charge in [0.2, 0.25) is 0 Å². The van der Waals surface area contributed by atoms with Gasteiger partial charge in [-0.15, -0.1) is 0 Å². The summed E-state index contributed by atoms with van der Waals surface area (Å²) in [5, 5.41) is 12.7. The summed E-state index contributed by atoms with van der Waals surface area (Å²) in [7, 11) is 0. The molecule has 0 saturated heterocycles. The molecular weight excluding hydrogens is 226 g/mol. The lowest BCUT2D eigenvalue weighted by Crippen LogP contribution is -2.31. The molecule has 0 heterocycles. The van der Waals surface area contributed by atoms with Crippen LogP contribution in [0.1, 0.15) is 25.5 Å². The van der Waals surface area contributed by atoms with Crippen LogP contribution in [0, 0.1) is 5.92 Å². The Bertz CT molecular complexity index is 349. The highest BCUT2D eigenvalue weighted by atomic mass is 35.5. The van der Waals surface area contributed by atoms with Gasteiger partial charge in [0, 0.05) is 5.02 Å². The number of carbonyl (C=O) groups is 1. The first kappa shape index (κ1) is 13.0. The van der Waals surface area contributed by atoms with E-state index in [1.54, 1.807) is 24.3 Å². The van der Waals surface area contributed by atoms with E-state index in [1.807, 2.05) is 13.8 Å². The molecule has 0 aliphatic heterocycles. The third-order valence-electron chi connectivity index (χ3n) is 2.18. The minimum absolute atomic E-state index is 0.411. The highest BCUT2D eigenvalue weighted by Gasteiger charge is 2.18. The predicted octanol–water partition coefficient (Wildman–Crippen LogP) is 2.71. The zero-order valence-electron chi connectivity index (χ0n) is 9.40. The number of hydrogen-bond donors (Lipinski definition) is 2. The van der Waals surface area contributed by atoms with Crippen molar-refractivity contribution in [2.45, 2.75) is 19.9 Å². The summed E-state index contributed by atoms with van der Waals surface area (Å²) in [6, 6.07) is 6.19. The van der Waals surface area contributed by atoms with Gasteiger partial charge in [0.05, 0.1) is 0 Å². The molecule has 1 aromatic rings. The number of hydrogen-bond acceptors (Lipinski definition) is 2. The SMILES string of the molecule is CC(C)CNC(C(=O)O)c1ccc(Cl)cc1. The Morgan fingerprint density at radius 2 is 1.94 bits per heavy atom. The molecule has 0 amide bonds. The van der Waals surface area contributed by atoms with Crippen molar-refractivity contribution < 1.29 is 9.90 Å². The van der Waals surface area contributed by atoms with Crippen LogP contribution >= 0.6 is 11.6 Å². The summed E-state index contributed by atoms with van der Waals surface area (Å²) >= 11 is 5.76. The van der Waals surface area contributed by atoms with Gasteiger partial charge in [-0.1, -0.05) is 37.6 Å². The van der Waals surface area contributed by atoms with E-state index in [9.17, 15) is 4.79 Å². The van der Waals surface area contributed by atoms with Crippen LogP contribution in [0.2, 0.25) is 5.02 Å². The van der Waals surface area contributed by atoms with E-state index < -0.39 is 12.0 Å². The second kappa shape index (κ2) is 5.87. The van der Waals surface area contributed by atoms with Gasteiger partial charge in [-0.25, -0.2) is 0 Å². The Hall–Kier alpha value is -1.06. The highest BCUT2D eigenvalue weighted by Crippen LogP contribution is 2.17. The molecule has 1 unspecified atom stereocenters. The molecule has 0 aromatic heterocycles. The van der Waals surface area contributed by atoms with Crippen LogP contribution in [0.25, 0.3) is 0 Å². The molecule has 0 spiro atoms. The van der Waals surface area contributed by atoms with E-state index in [0.717, 1.165) is 5.56 Å². The molecule has 1 aromatic carbocycles. The Labute approximate surface area is 100 Å². The standard InChI is InChI=1S/C12H16ClNO2/c1-8(2)7-14-11(12(15)16)9-3-5-10(13)6-4-9/h3-6,8,11,14H,7H2,1-2H3,(H,15,16). The van der Waals surface area contributed by atoms with Crippen LogP contribution < -0.4 is 5.32 Å². The van der Waals surface area contributed by atoms with Crippen molar-refractivity contribution in [2.24, 2.45) is 5.92 Å². The largest absolute Gasteiger partial charge is 0.480 e. The normalized spacial score (nSPS) is 12.8. The Balaban J connectivity index is 2.77. The monoisotopic (exact) mass is 241 g/mol. The summed E-state index contributed by atoms with van der Waals surface area (Å²) in [6.45, 7) is 4.74. The minimum Gasteiger partial charge on any atom is -0.480 e. The lowest BCUT2D eigenvalue weighted by atomic mass is 10.1. The third-order valence-corrected chi connectivity index (χ3v) is 2.43. The first-order valence-electron chi connectivity index (χ1n) is 5.22. The van der Waals surface area contributed by atoms with Crippen molar-refractivity contribution in [3.63, 3.8) is 0 Å². The Morgan fingerprint density at radius 3 is 2.38 bits per heavy atom. The lowest BCUT2D eigenvalue weighted by molar-refractivity contribution is -0.139. The number of aliphatic carboxylic acids is 1. The summed E-state index contributed by atoms with van der Waals surface area (Å²) in [4.78, 5) is 11.1. The molecule has 88 valence electrons. The van der Waals surface area contributed by atoms with E-state index in [-0.39, 0.29) is 0 Å². The average molecular weight is 242 g/mol. The molecular formula is C12H16ClNO2. The van der Waals surface area contributed by atoms with E-state index >= 15 is 0 Å². The molecule has 2 N–H and O–H groups in total. The molecule has 0 bridgehead atoms.